The van der Waals surface area contributed by atoms with Gasteiger partial charge in [-0.3, -0.25) is 0 Å². The minimum atomic E-state index is 0.545. The van der Waals surface area contributed by atoms with E-state index < -0.39 is 0 Å². The first-order valence-corrected chi connectivity index (χ1v) is 6.25. The fourth-order valence-electron chi connectivity index (χ4n) is 2.15. The first kappa shape index (κ1) is 11.9. The van der Waals surface area contributed by atoms with Crippen LogP contribution < -0.4 is 10.6 Å². The van der Waals surface area contributed by atoms with E-state index >= 15 is 0 Å². The Kier molecular flexibility index (Phi) is 3.96. The third-order valence-corrected chi connectivity index (χ3v) is 2.97. The Labute approximate surface area is 103 Å². The minimum absolute atomic E-state index is 0.545. The van der Waals surface area contributed by atoms with Crippen LogP contribution in [-0.4, -0.2) is 22.6 Å². The lowest BCUT2D eigenvalue weighted by Crippen LogP contribution is -2.17. The second kappa shape index (κ2) is 5.66. The number of aromatic nitrogens is 2. The van der Waals surface area contributed by atoms with Gasteiger partial charge in [-0.25, -0.2) is 4.98 Å². The number of hydrogen-bond acceptors (Lipinski definition) is 4. The molecule has 4 heteroatoms. The first-order valence-electron chi connectivity index (χ1n) is 6.25. The summed E-state index contributed by atoms with van der Waals surface area (Å²) in [7, 11) is 0. The molecule has 1 aliphatic rings. The zero-order valence-electron chi connectivity index (χ0n) is 10.4. The molecule has 17 heavy (non-hydrogen) atoms. The third kappa shape index (κ3) is 3.44. The number of anilines is 2. The van der Waals surface area contributed by atoms with Gasteiger partial charge in [-0.1, -0.05) is 18.9 Å². The fourth-order valence-corrected chi connectivity index (χ4v) is 2.15. The molecule has 0 unspecified atom stereocenters. The van der Waals surface area contributed by atoms with Crippen molar-refractivity contribution in [3.8, 4) is 0 Å². The molecule has 1 saturated carbocycles. The summed E-state index contributed by atoms with van der Waals surface area (Å²) in [6, 6.07) is 2.49. The molecule has 0 amide bonds. The summed E-state index contributed by atoms with van der Waals surface area (Å²) in [4.78, 5) is 8.87. The Balaban J connectivity index is 2.04. The lowest BCUT2D eigenvalue weighted by molar-refractivity contribution is 0.743. The third-order valence-electron chi connectivity index (χ3n) is 2.97. The number of nitrogens with zero attached hydrogens (tertiary/aromatic N) is 2. The van der Waals surface area contributed by atoms with Crippen LogP contribution in [0.3, 0.4) is 0 Å². The quantitative estimate of drug-likeness (QED) is 0.766. The van der Waals surface area contributed by atoms with Crippen molar-refractivity contribution in [2.45, 2.75) is 38.6 Å². The van der Waals surface area contributed by atoms with Crippen molar-refractivity contribution in [3.05, 3.63) is 24.4 Å². The molecule has 1 aliphatic carbocycles. The van der Waals surface area contributed by atoms with E-state index in [1.165, 1.54) is 25.7 Å². The van der Waals surface area contributed by atoms with Crippen LogP contribution in [0.2, 0.25) is 0 Å². The van der Waals surface area contributed by atoms with E-state index in [0.717, 1.165) is 24.0 Å². The van der Waals surface area contributed by atoms with E-state index in [9.17, 15) is 0 Å². The van der Waals surface area contributed by atoms with Gasteiger partial charge in [-0.2, -0.15) is 4.98 Å². The zero-order valence-corrected chi connectivity index (χ0v) is 10.4. The number of rotatable bonds is 5. The van der Waals surface area contributed by atoms with Crippen LogP contribution in [0.4, 0.5) is 11.8 Å². The topological polar surface area (TPSA) is 49.8 Å². The molecule has 1 heterocycles. The highest BCUT2D eigenvalue weighted by atomic mass is 15.2. The maximum Gasteiger partial charge on any atom is 0.225 e. The van der Waals surface area contributed by atoms with Gasteiger partial charge in [0.25, 0.3) is 0 Å². The van der Waals surface area contributed by atoms with Crippen molar-refractivity contribution >= 4 is 11.8 Å². The van der Waals surface area contributed by atoms with Crippen LogP contribution in [0.1, 0.15) is 31.4 Å². The summed E-state index contributed by atoms with van der Waals surface area (Å²) in [5.74, 6) is 1.60. The number of aryl methyl sites for hydroxylation is 1. The largest absolute Gasteiger partial charge is 0.366 e. The van der Waals surface area contributed by atoms with Crippen molar-refractivity contribution in [1.82, 2.24) is 9.97 Å². The zero-order chi connectivity index (χ0) is 12.1. The fraction of sp³-hybridized carbons (Fsp3) is 0.538. The Morgan fingerprint density at radius 2 is 2.18 bits per heavy atom. The highest BCUT2D eigenvalue weighted by molar-refractivity contribution is 5.43. The van der Waals surface area contributed by atoms with Crippen LogP contribution >= 0.6 is 0 Å². The Morgan fingerprint density at radius 3 is 2.88 bits per heavy atom. The molecule has 0 atom stereocenters. The summed E-state index contributed by atoms with van der Waals surface area (Å²) in [6.07, 6.45) is 6.90. The number of nitrogens with one attached hydrogen (secondary N) is 2. The van der Waals surface area contributed by atoms with E-state index in [4.69, 9.17) is 0 Å². The monoisotopic (exact) mass is 232 g/mol. The molecular weight excluding hydrogens is 212 g/mol. The smallest absolute Gasteiger partial charge is 0.225 e. The van der Waals surface area contributed by atoms with Crippen LogP contribution in [0.25, 0.3) is 0 Å². The standard InChI is InChI=1S/C13H20N4/c1-3-8-14-12-9-10(2)15-13(17-12)16-11-6-4-5-7-11/h3,9,11H,1,4-8H2,2H3,(H2,14,15,16,17). The maximum absolute atomic E-state index is 4.45. The van der Waals surface area contributed by atoms with Crippen LogP contribution in [0, 0.1) is 6.92 Å². The van der Waals surface area contributed by atoms with Gasteiger partial charge in [0.05, 0.1) is 0 Å². The number of hydrogen-bond donors (Lipinski definition) is 2. The highest BCUT2D eigenvalue weighted by Crippen LogP contribution is 2.21. The van der Waals surface area contributed by atoms with Gasteiger partial charge < -0.3 is 10.6 Å². The van der Waals surface area contributed by atoms with Crippen molar-refractivity contribution in [2.75, 3.05) is 17.2 Å². The van der Waals surface area contributed by atoms with E-state index in [2.05, 4.69) is 27.2 Å². The molecule has 2 N–H and O–H groups in total. The highest BCUT2D eigenvalue weighted by Gasteiger charge is 2.15. The summed E-state index contributed by atoms with van der Waals surface area (Å²) >= 11 is 0. The Hall–Kier alpha value is -1.58. The Bertz CT molecular complexity index is 383. The molecule has 0 saturated heterocycles. The Morgan fingerprint density at radius 1 is 1.41 bits per heavy atom. The molecule has 0 spiro atoms. The predicted molar refractivity (Wildman–Crippen MR) is 71.3 cm³/mol. The minimum Gasteiger partial charge on any atom is -0.366 e. The van der Waals surface area contributed by atoms with Crippen molar-refractivity contribution < 1.29 is 0 Å². The van der Waals surface area contributed by atoms with Crippen LogP contribution in [0.5, 0.6) is 0 Å². The van der Waals surface area contributed by atoms with E-state index in [1.807, 2.05) is 19.1 Å². The van der Waals surface area contributed by atoms with E-state index in [1.54, 1.807) is 0 Å². The second-order valence-electron chi connectivity index (χ2n) is 4.51. The van der Waals surface area contributed by atoms with Crippen molar-refractivity contribution in [2.24, 2.45) is 0 Å². The van der Waals surface area contributed by atoms with Gasteiger partial charge in [0.15, 0.2) is 0 Å². The summed E-state index contributed by atoms with van der Waals surface area (Å²) in [5, 5.41) is 6.60. The van der Waals surface area contributed by atoms with Crippen molar-refractivity contribution in [1.29, 1.82) is 0 Å². The van der Waals surface area contributed by atoms with E-state index in [0.29, 0.717) is 6.04 Å². The van der Waals surface area contributed by atoms with Gasteiger partial charge in [-0.15, -0.1) is 6.58 Å². The van der Waals surface area contributed by atoms with Gasteiger partial charge in [-0.05, 0) is 19.8 Å². The average Bonchev–Trinajstić information content (AvgIpc) is 2.78. The summed E-state index contributed by atoms with van der Waals surface area (Å²) < 4.78 is 0. The molecule has 0 aliphatic heterocycles. The molecule has 1 fully saturated rings. The molecule has 0 aromatic carbocycles. The van der Waals surface area contributed by atoms with Gasteiger partial charge in [0.1, 0.15) is 5.82 Å². The normalized spacial score (nSPS) is 15.8. The molecular formula is C13H20N4. The van der Waals surface area contributed by atoms with Gasteiger partial charge in [0, 0.05) is 24.3 Å². The lowest BCUT2D eigenvalue weighted by atomic mass is 10.2. The average molecular weight is 232 g/mol. The van der Waals surface area contributed by atoms with Gasteiger partial charge >= 0.3 is 0 Å². The molecule has 0 bridgehead atoms. The van der Waals surface area contributed by atoms with Crippen LogP contribution in [0.15, 0.2) is 18.7 Å². The molecule has 1 aromatic heterocycles. The van der Waals surface area contributed by atoms with E-state index in [-0.39, 0.29) is 0 Å². The summed E-state index contributed by atoms with van der Waals surface area (Å²) in [5.41, 5.74) is 0.979. The lowest BCUT2D eigenvalue weighted by Gasteiger charge is -2.13. The SMILES string of the molecule is C=CCNc1cc(C)nc(NC2CCCC2)n1. The molecule has 4 nitrogen and oxygen atoms in total. The second-order valence-corrected chi connectivity index (χ2v) is 4.51. The molecule has 92 valence electrons. The predicted octanol–water partition coefficient (Wildman–Crippen LogP) is 2.74. The first-order chi connectivity index (χ1) is 8.28. The van der Waals surface area contributed by atoms with Gasteiger partial charge in [0.2, 0.25) is 5.95 Å². The van der Waals surface area contributed by atoms with Crippen molar-refractivity contribution in [3.63, 3.8) is 0 Å². The molecule has 0 radical (unpaired) electrons. The van der Waals surface area contributed by atoms with Crippen LogP contribution in [-0.2, 0) is 0 Å². The molecule has 2 rings (SSSR count). The molecule has 1 aromatic rings. The summed E-state index contributed by atoms with van der Waals surface area (Å²) in [6.45, 7) is 6.39. The maximum atomic E-state index is 4.45.